The first-order valence-electron chi connectivity index (χ1n) is 9.32. The summed E-state index contributed by atoms with van der Waals surface area (Å²) in [4.78, 5) is 24.3. The van der Waals surface area contributed by atoms with E-state index in [0.717, 1.165) is 18.5 Å². The third-order valence-electron chi connectivity index (χ3n) is 4.15. The summed E-state index contributed by atoms with van der Waals surface area (Å²) < 4.78 is 24.9. The van der Waals surface area contributed by atoms with Crippen LogP contribution in [0.15, 0.2) is 60.8 Å². The molecule has 0 bridgehead atoms. The van der Waals surface area contributed by atoms with Crippen LogP contribution in [0.4, 0.5) is 4.39 Å². The van der Waals surface area contributed by atoms with Gasteiger partial charge in [-0.15, -0.1) is 0 Å². The number of esters is 2. The lowest BCUT2D eigenvalue weighted by Gasteiger charge is -2.06. The van der Waals surface area contributed by atoms with Crippen LogP contribution in [0.25, 0.3) is 16.9 Å². The maximum absolute atomic E-state index is 13.3. The highest BCUT2D eigenvalue weighted by atomic mass is 19.1. The Morgan fingerprint density at radius 1 is 1.03 bits per heavy atom. The summed E-state index contributed by atoms with van der Waals surface area (Å²) in [6.07, 6.45) is 3.17. The highest BCUT2D eigenvalue weighted by molar-refractivity contribution is 5.97. The van der Waals surface area contributed by atoms with E-state index < -0.39 is 24.4 Å². The molecule has 0 radical (unpaired) electrons. The molecule has 6 nitrogen and oxygen atoms in total. The number of carbonyl (C=O) groups is 2. The maximum atomic E-state index is 13.3. The molecule has 0 atom stereocenters. The largest absolute Gasteiger partial charge is 0.463 e. The van der Waals surface area contributed by atoms with Crippen molar-refractivity contribution in [3.8, 4) is 16.9 Å². The van der Waals surface area contributed by atoms with Crippen molar-refractivity contribution >= 4 is 11.9 Å². The number of nitrogens with zero attached hydrogens (tertiary/aromatic N) is 2. The average molecular weight is 396 g/mol. The van der Waals surface area contributed by atoms with Crippen LogP contribution >= 0.6 is 0 Å². The SMILES string of the molecule is CCCCOC(=O)COC(=O)c1cn(-c2ccccc2)nc1-c1ccc(F)cc1. The number of hydrogen-bond donors (Lipinski definition) is 0. The van der Waals surface area contributed by atoms with Gasteiger partial charge in [0, 0.05) is 11.8 Å². The molecule has 0 aliphatic heterocycles. The van der Waals surface area contributed by atoms with Crippen LogP contribution in [0, 0.1) is 5.82 Å². The second kappa shape index (κ2) is 9.64. The number of carbonyl (C=O) groups excluding carboxylic acids is 2. The van der Waals surface area contributed by atoms with Crippen LogP contribution < -0.4 is 0 Å². The first kappa shape index (κ1) is 20.3. The summed E-state index contributed by atoms with van der Waals surface area (Å²) in [5.41, 5.74) is 1.80. The molecule has 0 saturated carbocycles. The van der Waals surface area contributed by atoms with E-state index in [-0.39, 0.29) is 5.56 Å². The van der Waals surface area contributed by atoms with E-state index in [2.05, 4.69) is 5.10 Å². The van der Waals surface area contributed by atoms with Crippen LogP contribution in [0.3, 0.4) is 0 Å². The van der Waals surface area contributed by atoms with Gasteiger partial charge in [0.2, 0.25) is 0 Å². The minimum Gasteiger partial charge on any atom is -0.463 e. The number of unbranched alkanes of at least 4 members (excludes halogenated alkanes) is 1. The molecule has 1 heterocycles. The molecule has 0 saturated heterocycles. The lowest BCUT2D eigenvalue weighted by Crippen LogP contribution is -2.17. The molecule has 0 unspecified atom stereocenters. The fraction of sp³-hybridized carbons (Fsp3) is 0.227. The molecule has 7 heteroatoms. The summed E-state index contributed by atoms with van der Waals surface area (Å²) in [6, 6.07) is 14.9. The smallest absolute Gasteiger partial charge is 0.344 e. The predicted molar refractivity (Wildman–Crippen MR) is 105 cm³/mol. The van der Waals surface area contributed by atoms with Crippen molar-refractivity contribution in [3.05, 3.63) is 72.2 Å². The van der Waals surface area contributed by atoms with Gasteiger partial charge in [-0.3, -0.25) is 0 Å². The monoisotopic (exact) mass is 396 g/mol. The number of rotatable bonds is 8. The Kier molecular flexibility index (Phi) is 6.73. The van der Waals surface area contributed by atoms with E-state index in [1.807, 2.05) is 37.3 Å². The molecule has 0 N–H and O–H groups in total. The lowest BCUT2D eigenvalue weighted by molar-refractivity contribution is -0.147. The van der Waals surface area contributed by atoms with E-state index in [4.69, 9.17) is 9.47 Å². The van der Waals surface area contributed by atoms with E-state index >= 15 is 0 Å². The molecule has 150 valence electrons. The summed E-state index contributed by atoms with van der Waals surface area (Å²) in [7, 11) is 0. The first-order chi connectivity index (χ1) is 14.1. The van der Waals surface area contributed by atoms with Gasteiger partial charge in [0.15, 0.2) is 6.61 Å². The van der Waals surface area contributed by atoms with Crippen molar-refractivity contribution in [1.29, 1.82) is 0 Å². The number of halogens is 1. The average Bonchev–Trinajstić information content (AvgIpc) is 3.19. The highest BCUT2D eigenvalue weighted by Gasteiger charge is 2.21. The second-order valence-electron chi connectivity index (χ2n) is 6.33. The van der Waals surface area contributed by atoms with Gasteiger partial charge in [0.25, 0.3) is 0 Å². The van der Waals surface area contributed by atoms with Gasteiger partial charge in [0.1, 0.15) is 17.1 Å². The van der Waals surface area contributed by atoms with Crippen molar-refractivity contribution < 1.29 is 23.5 Å². The zero-order chi connectivity index (χ0) is 20.6. The van der Waals surface area contributed by atoms with Crippen LogP contribution in [-0.2, 0) is 14.3 Å². The highest BCUT2D eigenvalue weighted by Crippen LogP contribution is 2.25. The standard InChI is InChI=1S/C22H21FN2O4/c1-2-3-13-28-20(26)15-29-22(27)19-14-25(18-7-5-4-6-8-18)24-21(19)16-9-11-17(23)12-10-16/h4-12,14H,2-3,13,15H2,1H3. The molecule has 1 aromatic heterocycles. The normalized spacial score (nSPS) is 10.6. The number of ether oxygens (including phenoxy) is 2. The van der Waals surface area contributed by atoms with Gasteiger partial charge in [-0.1, -0.05) is 31.5 Å². The molecule has 0 aliphatic carbocycles. The van der Waals surface area contributed by atoms with E-state index in [1.54, 1.807) is 0 Å². The number of aromatic nitrogens is 2. The van der Waals surface area contributed by atoms with Crippen LogP contribution in [0.5, 0.6) is 0 Å². The van der Waals surface area contributed by atoms with E-state index in [1.165, 1.54) is 35.1 Å². The topological polar surface area (TPSA) is 70.4 Å². The Morgan fingerprint density at radius 3 is 2.45 bits per heavy atom. The Labute approximate surface area is 167 Å². The zero-order valence-corrected chi connectivity index (χ0v) is 16.0. The Bertz CT molecular complexity index is 968. The van der Waals surface area contributed by atoms with Crippen molar-refractivity contribution in [1.82, 2.24) is 9.78 Å². The third kappa shape index (κ3) is 5.28. The van der Waals surface area contributed by atoms with E-state index in [0.29, 0.717) is 17.9 Å². The molecular formula is C22H21FN2O4. The predicted octanol–water partition coefficient (Wildman–Crippen LogP) is 4.18. The number of benzene rings is 2. The van der Waals surface area contributed by atoms with Crippen molar-refractivity contribution in [3.63, 3.8) is 0 Å². The van der Waals surface area contributed by atoms with Crippen molar-refractivity contribution in [2.45, 2.75) is 19.8 Å². The molecular weight excluding hydrogens is 375 g/mol. The lowest BCUT2D eigenvalue weighted by atomic mass is 10.1. The molecule has 0 amide bonds. The Morgan fingerprint density at radius 2 is 1.76 bits per heavy atom. The summed E-state index contributed by atoms with van der Waals surface area (Å²) in [5.74, 6) is -1.71. The molecule has 3 aromatic rings. The fourth-order valence-corrected chi connectivity index (χ4v) is 2.63. The van der Waals surface area contributed by atoms with Crippen LogP contribution in [0.2, 0.25) is 0 Å². The third-order valence-corrected chi connectivity index (χ3v) is 4.15. The fourth-order valence-electron chi connectivity index (χ4n) is 2.63. The van der Waals surface area contributed by atoms with Gasteiger partial charge >= 0.3 is 11.9 Å². The zero-order valence-electron chi connectivity index (χ0n) is 16.0. The second-order valence-corrected chi connectivity index (χ2v) is 6.33. The van der Waals surface area contributed by atoms with E-state index in [9.17, 15) is 14.0 Å². The van der Waals surface area contributed by atoms with Crippen molar-refractivity contribution in [2.75, 3.05) is 13.2 Å². The Hall–Kier alpha value is -3.48. The summed E-state index contributed by atoms with van der Waals surface area (Å²) >= 11 is 0. The minimum absolute atomic E-state index is 0.168. The summed E-state index contributed by atoms with van der Waals surface area (Å²) in [6.45, 7) is 1.79. The van der Waals surface area contributed by atoms with Gasteiger partial charge in [0.05, 0.1) is 12.3 Å². The molecule has 29 heavy (non-hydrogen) atoms. The Balaban J connectivity index is 1.83. The molecule has 0 aliphatic rings. The first-order valence-corrected chi connectivity index (χ1v) is 9.32. The van der Waals surface area contributed by atoms with Crippen LogP contribution in [0.1, 0.15) is 30.1 Å². The van der Waals surface area contributed by atoms with Gasteiger partial charge in [-0.25, -0.2) is 18.7 Å². The maximum Gasteiger partial charge on any atom is 0.344 e. The number of hydrogen-bond acceptors (Lipinski definition) is 5. The quantitative estimate of drug-likeness (QED) is 0.422. The molecule has 0 fully saturated rings. The van der Waals surface area contributed by atoms with Gasteiger partial charge in [-0.05, 0) is 42.8 Å². The van der Waals surface area contributed by atoms with Gasteiger partial charge in [-0.2, -0.15) is 5.10 Å². The molecule has 3 rings (SSSR count). The van der Waals surface area contributed by atoms with Crippen molar-refractivity contribution in [2.24, 2.45) is 0 Å². The van der Waals surface area contributed by atoms with Crippen LogP contribution in [-0.4, -0.2) is 34.9 Å². The van der Waals surface area contributed by atoms with Gasteiger partial charge < -0.3 is 9.47 Å². The molecule has 2 aromatic carbocycles. The minimum atomic E-state index is -0.709. The number of para-hydroxylation sites is 1. The summed E-state index contributed by atoms with van der Waals surface area (Å²) in [5, 5.41) is 4.47. The molecule has 0 spiro atoms.